The van der Waals surface area contributed by atoms with Crippen LogP contribution in [0.5, 0.6) is 0 Å². The molecule has 0 radical (unpaired) electrons. The third-order valence-corrected chi connectivity index (χ3v) is 21.4. The number of nitrogens with one attached hydrogen (secondary N) is 1. The summed E-state index contributed by atoms with van der Waals surface area (Å²) in [6.07, 6.45) is 12.6. The average molecular weight is 842 g/mol. The molecule has 0 aromatic heterocycles. The molecule has 10 nitrogen and oxygen atoms in total. The molecule has 0 saturated heterocycles. The zero-order valence-electron chi connectivity index (χ0n) is 37.9. The van der Waals surface area contributed by atoms with E-state index in [0.29, 0.717) is 50.2 Å². The Balaban J connectivity index is 0.793. The first-order chi connectivity index (χ1) is 28.3. The van der Waals surface area contributed by atoms with Crippen LogP contribution in [-0.4, -0.2) is 92.3 Å². The van der Waals surface area contributed by atoms with Gasteiger partial charge in [-0.15, -0.1) is 0 Å². The van der Waals surface area contributed by atoms with E-state index in [1.807, 2.05) is 0 Å². The van der Waals surface area contributed by atoms with Crippen molar-refractivity contribution in [3.8, 4) is 0 Å². The Morgan fingerprint density at radius 1 is 0.633 bits per heavy atom. The number of aliphatic hydroxyl groups is 5. The number of carbonyl (C=O) groups excluding carboxylic acids is 1. The van der Waals surface area contributed by atoms with Crippen LogP contribution >= 0.6 is 0 Å². The smallest absolute Gasteiger partial charge is 0.303 e. The number of rotatable bonds is 12. The number of carbonyl (C=O) groups is 2. The highest BCUT2D eigenvalue weighted by Crippen LogP contribution is 2.70. The first kappa shape index (κ1) is 45.3. The lowest BCUT2D eigenvalue weighted by atomic mass is 9.43. The van der Waals surface area contributed by atoms with E-state index in [9.17, 15) is 40.2 Å². The van der Waals surface area contributed by atoms with Gasteiger partial charge < -0.3 is 40.7 Å². The van der Waals surface area contributed by atoms with E-state index in [4.69, 9.17) is 4.74 Å². The van der Waals surface area contributed by atoms with Gasteiger partial charge in [0.2, 0.25) is 5.91 Å². The fourth-order valence-electron chi connectivity index (χ4n) is 18.0. The molecule has 1 amide bonds. The molecule has 8 aliphatic carbocycles. The molecule has 10 heteroatoms. The molecule has 7 unspecified atom stereocenters. The second-order valence-corrected chi connectivity index (χ2v) is 23.7. The summed E-state index contributed by atoms with van der Waals surface area (Å²) in [6, 6.07) is 0. The molecule has 8 aliphatic rings. The van der Waals surface area contributed by atoms with E-state index < -0.39 is 24.3 Å². The number of aliphatic carboxylic acids is 1. The number of carboxylic acid groups (broad SMARTS) is 1. The maximum Gasteiger partial charge on any atom is 0.303 e. The van der Waals surface area contributed by atoms with Crippen LogP contribution < -0.4 is 5.32 Å². The summed E-state index contributed by atoms with van der Waals surface area (Å²) in [5.41, 5.74) is -0.469. The average Bonchev–Trinajstić information content (AvgIpc) is 3.75. The Morgan fingerprint density at radius 2 is 1.13 bits per heavy atom. The van der Waals surface area contributed by atoms with E-state index in [1.165, 1.54) is 0 Å². The first-order valence-electron chi connectivity index (χ1n) is 24.8. The summed E-state index contributed by atoms with van der Waals surface area (Å²) in [7, 11) is 0. The van der Waals surface area contributed by atoms with Crippen molar-refractivity contribution in [3.05, 3.63) is 0 Å². The Hall–Kier alpha value is -1.30. The fourth-order valence-corrected chi connectivity index (χ4v) is 18.0. The Bertz CT molecular complexity index is 1560. The molecule has 0 aromatic rings. The Morgan fingerprint density at radius 3 is 1.67 bits per heavy atom. The van der Waals surface area contributed by atoms with Gasteiger partial charge in [0.1, 0.15) is 0 Å². The molecule has 22 atom stereocenters. The quantitative estimate of drug-likeness (QED) is 0.102. The van der Waals surface area contributed by atoms with Gasteiger partial charge in [-0.05, 0) is 195 Å². The highest BCUT2D eigenvalue weighted by molar-refractivity contribution is 5.75. The van der Waals surface area contributed by atoms with Crippen LogP contribution in [0.3, 0.4) is 0 Å². The van der Waals surface area contributed by atoms with Gasteiger partial charge in [0, 0.05) is 19.4 Å². The summed E-state index contributed by atoms with van der Waals surface area (Å²) in [5, 5.41) is 70.2. The molecule has 8 fully saturated rings. The van der Waals surface area contributed by atoms with Gasteiger partial charge >= 0.3 is 5.97 Å². The SMILES string of the molecule is CC(CCC(=O)O)C1CCC2C3[C@H](O)C[C@@H]4C[C@H](OCCNC(=O)CCC(C)C5CCC6[C@@H]7[C@H](O)C[C@@H]8C[C@H](O)CC[C@]8(C)[C@H]7C[C@H](O)[C@]56C)CC[C@]4(C)[C@H]3C[C@H](O)[C@]12C. The topological polar surface area (TPSA) is 177 Å². The van der Waals surface area contributed by atoms with Crippen molar-refractivity contribution in [2.24, 2.45) is 92.7 Å². The first-order valence-corrected chi connectivity index (χ1v) is 24.8. The molecule has 8 saturated carbocycles. The van der Waals surface area contributed by atoms with Gasteiger partial charge in [0.25, 0.3) is 0 Å². The molecular formula is C50H83NO9. The minimum Gasteiger partial charge on any atom is -0.481 e. The minimum atomic E-state index is -0.762. The monoisotopic (exact) mass is 842 g/mol. The largest absolute Gasteiger partial charge is 0.481 e. The van der Waals surface area contributed by atoms with Gasteiger partial charge in [-0.3, -0.25) is 9.59 Å². The third-order valence-electron chi connectivity index (χ3n) is 21.4. The molecule has 8 rings (SSSR count). The van der Waals surface area contributed by atoms with Crippen molar-refractivity contribution in [2.45, 2.75) is 194 Å². The van der Waals surface area contributed by atoms with Crippen molar-refractivity contribution >= 4 is 11.9 Å². The lowest BCUT2D eigenvalue weighted by Crippen LogP contribution is -2.62. The molecule has 342 valence electrons. The van der Waals surface area contributed by atoms with Crippen LogP contribution in [0.15, 0.2) is 0 Å². The second kappa shape index (κ2) is 16.9. The van der Waals surface area contributed by atoms with E-state index in [0.717, 1.165) is 89.9 Å². The maximum atomic E-state index is 13.2. The van der Waals surface area contributed by atoms with Gasteiger partial charge in [-0.2, -0.15) is 0 Å². The Kier molecular flexibility index (Phi) is 12.8. The van der Waals surface area contributed by atoms with Crippen molar-refractivity contribution in [1.29, 1.82) is 0 Å². The number of ether oxygens (including phenoxy) is 1. The summed E-state index contributed by atoms with van der Waals surface area (Å²) in [6.45, 7) is 14.7. The number of carboxylic acids is 1. The number of hydrogen-bond donors (Lipinski definition) is 7. The highest BCUT2D eigenvalue weighted by atomic mass is 16.5. The number of hydrogen-bond acceptors (Lipinski definition) is 8. The normalized spacial score (nSPS) is 51.8. The van der Waals surface area contributed by atoms with Crippen LogP contribution in [0.1, 0.15) is 157 Å². The molecular weight excluding hydrogens is 759 g/mol. The van der Waals surface area contributed by atoms with Gasteiger partial charge in [-0.25, -0.2) is 0 Å². The number of aliphatic hydroxyl groups excluding tert-OH is 5. The number of amides is 1. The zero-order valence-corrected chi connectivity index (χ0v) is 37.9. The van der Waals surface area contributed by atoms with Crippen molar-refractivity contribution < 1.29 is 45.0 Å². The predicted octanol–water partition coefficient (Wildman–Crippen LogP) is 6.97. The van der Waals surface area contributed by atoms with Crippen LogP contribution in [-0.2, 0) is 14.3 Å². The zero-order chi connectivity index (χ0) is 43.1. The predicted molar refractivity (Wildman–Crippen MR) is 229 cm³/mol. The number of fused-ring (bicyclic) bond motifs is 10. The Labute approximate surface area is 360 Å². The molecule has 0 spiro atoms. The van der Waals surface area contributed by atoms with Crippen LogP contribution in [0.4, 0.5) is 0 Å². The van der Waals surface area contributed by atoms with Gasteiger partial charge in [-0.1, -0.05) is 41.5 Å². The fraction of sp³-hybridized carbons (Fsp3) is 0.960. The van der Waals surface area contributed by atoms with Crippen LogP contribution in [0, 0.1) is 92.7 Å². The molecule has 7 N–H and O–H groups in total. The minimum absolute atomic E-state index is 0.0348. The second-order valence-electron chi connectivity index (χ2n) is 23.7. The van der Waals surface area contributed by atoms with Crippen LogP contribution in [0.25, 0.3) is 0 Å². The van der Waals surface area contributed by atoms with E-state index in [1.54, 1.807) is 0 Å². The van der Waals surface area contributed by atoms with Gasteiger partial charge in [0.05, 0.1) is 43.2 Å². The van der Waals surface area contributed by atoms with Gasteiger partial charge in [0.15, 0.2) is 0 Å². The molecule has 0 heterocycles. The maximum absolute atomic E-state index is 13.2. The summed E-state index contributed by atoms with van der Waals surface area (Å²) < 4.78 is 6.43. The lowest BCUT2D eigenvalue weighted by molar-refractivity contribution is -0.209. The molecule has 60 heavy (non-hydrogen) atoms. The summed E-state index contributed by atoms with van der Waals surface area (Å²) in [4.78, 5) is 24.5. The van der Waals surface area contributed by atoms with Crippen molar-refractivity contribution in [1.82, 2.24) is 5.32 Å². The summed E-state index contributed by atoms with van der Waals surface area (Å²) >= 11 is 0. The standard InChI is InChI=1S/C50H83NO9/c1-27(33-9-11-35-45-37(25-41(55)49(33,35)5)47(3)17-15-31(52)21-29(47)23-39(45)53)7-13-43(57)51-19-20-60-32-16-18-48(4)30(22-32)24-40(54)46-36-12-10-34(28(2)8-14-44(58)59)50(36,6)42(56)26-38(46)48/h27-42,45-46,52-56H,7-26H2,1-6H3,(H,51,57)(H,58,59)/t27?,28?,29-,30-,31+,32+,33?,34?,35?,36?,37-,38-,39+,40+,41-,42-,45-,46?,47-,48-,49+,50+/m0/s1. The molecule has 0 aromatic carbocycles. The summed E-state index contributed by atoms with van der Waals surface area (Å²) in [5.74, 6) is 2.42. The van der Waals surface area contributed by atoms with E-state index >= 15 is 0 Å². The molecule has 0 bridgehead atoms. The van der Waals surface area contributed by atoms with Crippen LogP contribution in [0.2, 0.25) is 0 Å². The van der Waals surface area contributed by atoms with Crippen molar-refractivity contribution in [3.63, 3.8) is 0 Å². The van der Waals surface area contributed by atoms with E-state index in [-0.39, 0.29) is 106 Å². The molecule has 0 aliphatic heterocycles. The van der Waals surface area contributed by atoms with Crippen molar-refractivity contribution in [2.75, 3.05) is 13.2 Å². The third kappa shape index (κ3) is 7.45. The van der Waals surface area contributed by atoms with E-state index in [2.05, 4.69) is 46.9 Å². The highest BCUT2D eigenvalue weighted by Gasteiger charge is 2.67. The lowest BCUT2D eigenvalue weighted by Gasteiger charge is -2.63.